The first-order valence-corrected chi connectivity index (χ1v) is 6.55. The van der Waals surface area contributed by atoms with Crippen LogP contribution in [0.5, 0.6) is 0 Å². The third kappa shape index (κ3) is 2.66. The molecular formula is C15H17F3N2. The molecule has 1 heterocycles. The fourth-order valence-electron chi connectivity index (χ4n) is 2.80. The summed E-state index contributed by atoms with van der Waals surface area (Å²) in [6.07, 6.45) is 0.383. The molecule has 5 heteroatoms. The predicted octanol–water partition coefficient (Wildman–Crippen LogP) is 3.58. The molecule has 1 saturated heterocycles. The Hall–Kier alpha value is -1.54. The summed E-state index contributed by atoms with van der Waals surface area (Å²) in [5.74, 6) is -3.35. The molecule has 1 unspecified atom stereocenters. The zero-order valence-corrected chi connectivity index (χ0v) is 11.8. The van der Waals surface area contributed by atoms with Gasteiger partial charge in [-0.05, 0) is 38.8 Å². The van der Waals surface area contributed by atoms with E-state index in [9.17, 15) is 18.4 Å². The van der Waals surface area contributed by atoms with Gasteiger partial charge in [0, 0.05) is 24.1 Å². The van der Waals surface area contributed by atoms with Crippen LogP contribution in [-0.2, 0) is 0 Å². The van der Waals surface area contributed by atoms with Crippen LogP contribution >= 0.6 is 0 Å². The van der Waals surface area contributed by atoms with E-state index >= 15 is 0 Å². The molecule has 0 bridgehead atoms. The molecule has 1 fully saturated rings. The predicted molar refractivity (Wildman–Crippen MR) is 69.5 cm³/mol. The van der Waals surface area contributed by atoms with Crippen molar-refractivity contribution in [1.29, 1.82) is 5.26 Å². The van der Waals surface area contributed by atoms with Crippen molar-refractivity contribution in [3.05, 3.63) is 35.1 Å². The number of likely N-dealkylation sites (tertiary alicyclic amines) is 1. The summed E-state index contributed by atoms with van der Waals surface area (Å²) >= 11 is 0. The number of nitriles is 1. The fraction of sp³-hybridized carbons (Fsp3) is 0.533. The molecule has 0 aliphatic carbocycles. The minimum atomic E-state index is -1.18. The number of rotatable bonds is 1. The van der Waals surface area contributed by atoms with Crippen molar-refractivity contribution >= 4 is 0 Å². The molecule has 2 nitrogen and oxygen atoms in total. The van der Waals surface area contributed by atoms with E-state index in [1.165, 1.54) is 0 Å². The van der Waals surface area contributed by atoms with Gasteiger partial charge in [0.15, 0.2) is 11.6 Å². The minimum Gasteiger partial charge on any atom is -0.282 e. The van der Waals surface area contributed by atoms with Crippen LogP contribution in [0.3, 0.4) is 0 Å². The lowest BCUT2D eigenvalue weighted by Gasteiger charge is -2.34. The molecule has 0 N–H and O–H groups in total. The molecular weight excluding hydrogens is 265 g/mol. The van der Waals surface area contributed by atoms with E-state index in [0.717, 1.165) is 6.07 Å². The molecule has 1 aromatic rings. The normalized spacial score (nSPS) is 23.9. The molecule has 0 radical (unpaired) electrons. The van der Waals surface area contributed by atoms with Crippen LogP contribution in [0.15, 0.2) is 12.1 Å². The van der Waals surface area contributed by atoms with Crippen LogP contribution in [0.4, 0.5) is 13.2 Å². The van der Waals surface area contributed by atoms with Crippen LogP contribution in [0.25, 0.3) is 0 Å². The Morgan fingerprint density at radius 1 is 1.25 bits per heavy atom. The number of hydrogen-bond acceptors (Lipinski definition) is 2. The third-order valence-corrected chi connectivity index (χ3v) is 3.77. The van der Waals surface area contributed by atoms with Crippen LogP contribution in [-0.4, -0.2) is 23.0 Å². The van der Waals surface area contributed by atoms with Gasteiger partial charge in [0.25, 0.3) is 0 Å². The zero-order valence-electron chi connectivity index (χ0n) is 11.8. The smallest absolute Gasteiger partial charge is 0.162 e. The van der Waals surface area contributed by atoms with Gasteiger partial charge in [-0.3, -0.25) is 4.90 Å². The molecule has 0 saturated carbocycles. The largest absolute Gasteiger partial charge is 0.282 e. The topological polar surface area (TPSA) is 27.0 Å². The van der Waals surface area contributed by atoms with Crippen LogP contribution in [0.1, 0.15) is 38.7 Å². The molecule has 2 atom stereocenters. The van der Waals surface area contributed by atoms with E-state index in [0.29, 0.717) is 19.0 Å². The van der Waals surface area contributed by atoms with Crippen molar-refractivity contribution in [3.8, 4) is 6.07 Å². The molecule has 2 rings (SSSR count). The third-order valence-electron chi connectivity index (χ3n) is 3.77. The molecule has 108 valence electrons. The van der Waals surface area contributed by atoms with Gasteiger partial charge in [-0.1, -0.05) is 0 Å². The summed E-state index contributed by atoms with van der Waals surface area (Å²) in [5, 5.41) is 9.21. The molecule has 1 aliphatic heterocycles. The second kappa shape index (κ2) is 5.10. The van der Waals surface area contributed by atoms with Gasteiger partial charge >= 0.3 is 0 Å². The van der Waals surface area contributed by atoms with Gasteiger partial charge in [-0.2, -0.15) is 5.26 Å². The number of benzene rings is 1. The van der Waals surface area contributed by atoms with Gasteiger partial charge in [-0.15, -0.1) is 0 Å². The molecule has 1 aliphatic rings. The monoisotopic (exact) mass is 282 g/mol. The standard InChI is InChI=1S/C15H17F3N2/c1-15(2,3)20-8-9(4-11(20)7-19)12-5-10(16)6-13(17)14(12)18/h5-6,9,11H,4,8H2,1-3H3/t9-,11?/m0/s1. The quantitative estimate of drug-likeness (QED) is 0.736. The van der Waals surface area contributed by atoms with E-state index in [-0.39, 0.29) is 23.1 Å². The molecule has 0 spiro atoms. The number of nitrogens with zero attached hydrogens (tertiary/aromatic N) is 2. The number of hydrogen-bond donors (Lipinski definition) is 0. The Labute approximate surface area is 116 Å². The second-order valence-electron chi connectivity index (χ2n) is 6.19. The van der Waals surface area contributed by atoms with Gasteiger partial charge in [0.1, 0.15) is 5.82 Å². The maximum Gasteiger partial charge on any atom is 0.162 e. The fourth-order valence-corrected chi connectivity index (χ4v) is 2.80. The van der Waals surface area contributed by atoms with Crippen molar-refractivity contribution in [3.63, 3.8) is 0 Å². The minimum absolute atomic E-state index is 0.0227. The van der Waals surface area contributed by atoms with Gasteiger partial charge in [0.2, 0.25) is 0 Å². The maximum atomic E-state index is 13.8. The van der Waals surface area contributed by atoms with E-state index in [4.69, 9.17) is 0 Å². The lowest BCUT2D eigenvalue weighted by atomic mass is 9.96. The van der Waals surface area contributed by atoms with Crippen molar-refractivity contribution < 1.29 is 13.2 Å². The summed E-state index contributed by atoms with van der Waals surface area (Å²) < 4.78 is 40.4. The molecule has 0 aromatic heterocycles. The summed E-state index contributed by atoms with van der Waals surface area (Å²) in [6, 6.07) is 3.39. The Bertz CT molecular complexity index is 557. The highest BCUT2D eigenvalue weighted by Crippen LogP contribution is 2.37. The van der Waals surface area contributed by atoms with Gasteiger partial charge in [-0.25, -0.2) is 13.2 Å². The lowest BCUT2D eigenvalue weighted by Crippen LogP contribution is -2.44. The van der Waals surface area contributed by atoms with Crippen molar-refractivity contribution in [2.75, 3.05) is 6.54 Å². The average Bonchev–Trinajstić information content (AvgIpc) is 2.77. The molecule has 1 aromatic carbocycles. The van der Waals surface area contributed by atoms with E-state index in [2.05, 4.69) is 6.07 Å². The number of halogens is 3. The maximum absolute atomic E-state index is 13.8. The first kappa shape index (κ1) is 14.9. The average molecular weight is 282 g/mol. The van der Waals surface area contributed by atoms with Crippen LogP contribution in [0.2, 0.25) is 0 Å². The molecule has 0 amide bonds. The first-order chi connectivity index (χ1) is 9.24. The second-order valence-corrected chi connectivity index (χ2v) is 6.19. The van der Waals surface area contributed by atoms with E-state index in [1.807, 2.05) is 25.7 Å². The van der Waals surface area contributed by atoms with Crippen LogP contribution in [0, 0.1) is 28.8 Å². The highest BCUT2D eigenvalue weighted by molar-refractivity contribution is 5.27. The Morgan fingerprint density at radius 2 is 1.90 bits per heavy atom. The van der Waals surface area contributed by atoms with Gasteiger partial charge in [0.05, 0.1) is 12.1 Å². The van der Waals surface area contributed by atoms with Crippen molar-refractivity contribution in [2.45, 2.75) is 44.7 Å². The van der Waals surface area contributed by atoms with Crippen LogP contribution < -0.4 is 0 Å². The summed E-state index contributed by atoms with van der Waals surface area (Å²) in [7, 11) is 0. The lowest BCUT2D eigenvalue weighted by molar-refractivity contribution is 0.145. The Balaban J connectivity index is 2.35. The van der Waals surface area contributed by atoms with E-state index < -0.39 is 17.5 Å². The van der Waals surface area contributed by atoms with E-state index in [1.54, 1.807) is 0 Å². The summed E-state index contributed by atoms with van der Waals surface area (Å²) in [5.41, 5.74) is -0.230. The SMILES string of the molecule is CC(C)(C)N1C[C@@H](c2cc(F)cc(F)c2F)CC1C#N. The summed E-state index contributed by atoms with van der Waals surface area (Å²) in [4.78, 5) is 1.94. The highest BCUT2D eigenvalue weighted by atomic mass is 19.2. The van der Waals surface area contributed by atoms with Gasteiger partial charge < -0.3 is 0 Å². The van der Waals surface area contributed by atoms with Crippen molar-refractivity contribution in [2.24, 2.45) is 0 Å². The Kier molecular flexibility index (Phi) is 3.79. The Morgan fingerprint density at radius 3 is 2.40 bits per heavy atom. The highest BCUT2D eigenvalue weighted by Gasteiger charge is 2.40. The zero-order chi connectivity index (χ0) is 15.1. The summed E-state index contributed by atoms with van der Waals surface area (Å²) in [6.45, 7) is 6.30. The molecule has 20 heavy (non-hydrogen) atoms. The first-order valence-electron chi connectivity index (χ1n) is 6.55. The van der Waals surface area contributed by atoms with Crippen molar-refractivity contribution in [1.82, 2.24) is 4.90 Å².